The predicted molar refractivity (Wildman–Crippen MR) is 78.0 cm³/mol. The number of nitrogens with one attached hydrogen (secondary N) is 1. The Hall–Kier alpha value is -0.400. The number of hydrogen-bond acceptors (Lipinski definition) is 3. The lowest BCUT2D eigenvalue weighted by Gasteiger charge is -2.22. The van der Waals surface area contributed by atoms with Crippen molar-refractivity contribution >= 4 is 27.7 Å². The molecule has 1 aromatic carbocycles. The fourth-order valence-electron chi connectivity index (χ4n) is 2.03. The molecular weight excluding hydrogens is 355 g/mol. The van der Waals surface area contributed by atoms with Gasteiger partial charge in [0.2, 0.25) is 0 Å². The third-order valence-corrected chi connectivity index (χ3v) is 4.81. The molecule has 1 fully saturated rings. The van der Waals surface area contributed by atoms with Gasteiger partial charge in [0.15, 0.2) is 0 Å². The molecule has 1 atom stereocenters. The maximum absolute atomic E-state index is 12.2. The van der Waals surface area contributed by atoms with Crippen LogP contribution in [0.15, 0.2) is 22.7 Å². The number of ether oxygens (including phenoxy) is 1. The van der Waals surface area contributed by atoms with Crippen LogP contribution in [0.1, 0.15) is 18.4 Å². The van der Waals surface area contributed by atoms with Crippen molar-refractivity contribution in [3.8, 4) is 5.75 Å². The van der Waals surface area contributed by atoms with Crippen LogP contribution in [0.2, 0.25) is 0 Å². The summed E-state index contributed by atoms with van der Waals surface area (Å²) in [6, 6.07) is 5.13. The second-order valence-corrected chi connectivity index (χ2v) is 6.61. The Bertz CT molecular complexity index is 450. The maximum Gasteiger partial charge on any atom is 0.573 e. The van der Waals surface area contributed by atoms with Crippen LogP contribution in [0.25, 0.3) is 0 Å². The molecule has 1 unspecified atom stereocenters. The maximum atomic E-state index is 12.2. The molecule has 20 heavy (non-hydrogen) atoms. The lowest BCUT2D eigenvalue weighted by Crippen LogP contribution is -2.33. The summed E-state index contributed by atoms with van der Waals surface area (Å²) in [5, 5.41) is 3.43. The first-order chi connectivity index (χ1) is 9.44. The summed E-state index contributed by atoms with van der Waals surface area (Å²) in [5.41, 5.74) is 0.932. The summed E-state index contributed by atoms with van der Waals surface area (Å²) in [4.78, 5) is 0. The molecule has 2 rings (SSSR count). The Morgan fingerprint density at radius 1 is 1.40 bits per heavy atom. The zero-order valence-electron chi connectivity index (χ0n) is 10.7. The molecule has 0 aromatic heterocycles. The van der Waals surface area contributed by atoms with E-state index in [-0.39, 0.29) is 5.75 Å². The van der Waals surface area contributed by atoms with E-state index in [4.69, 9.17) is 0 Å². The Labute approximate surface area is 128 Å². The van der Waals surface area contributed by atoms with Crippen molar-refractivity contribution in [2.24, 2.45) is 0 Å². The van der Waals surface area contributed by atoms with E-state index in [1.165, 1.54) is 18.2 Å². The average Bonchev–Trinajstić information content (AvgIpc) is 2.39. The van der Waals surface area contributed by atoms with Crippen LogP contribution in [0, 0.1) is 0 Å². The minimum atomic E-state index is -4.67. The summed E-state index contributed by atoms with van der Waals surface area (Å²) < 4.78 is 40.7. The number of hydrogen-bond donors (Lipinski definition) is 1. The molecular formula is C13H15BrF3NOS. The number of alkyl halides is 3. The van der Waals surface area contributed by atoms with Gasteiger partial charge in [-0.05, 0) is 52.2 Å². The van der Waals surface area contributed by atoms with Crippen molar-refractivity contribution in [3.05, 3.63) is 28.2 Å². The van der Waals surface area contributed by atoms with E-state index in [0.29, 0.717) is 17.1 Å². The van der Waals surface area contributed by atoms with Crippen LogP contribution in [0.5, 0.6) is 5.75 Å². The number of thioether (sulfide) groups is 1. The second-order valence-electron chi connectivity index (χ2n) is 4.61. The molecule has 1 aliphatic rings. The molecule has 0 amide bonds. The van der Waals surface area contributed by atoms with E-state index >= 15 is 0 Å². The first kappa shape index (κ1) is 16.0. The fraction of sp³-hybridized carbons (Fsp3) is 0.538. The van der Waals surface area contributed by atoms with E-state index in [9.17, 15) is 13.2 Å². The Kier molecular flexibility index (Phi) is 5.63. The predicted octanol–water partition coefficient (Wildman–Crippen LogP) is 4.33. The zero-order chi connectivity index (χ0) is 14.6. The van der Waals surface area contributed by atoms with Gasteiger partial charge < -0.3 is 10.1 Å². The Morgan fingerprint density at radius 2 is 2.20 bits per heavy atom. The van der Waals surface area contributed by atoms with E-state index in [1.807, 2.05) is 11.8 Å². The van der Waals surface area contributed by atoms with Gasteiger partial charge in [0.05, 0.1) is 4.47 Å². The van der Waals surface area contributed by atoms with Gasteiger partial charge in [0.1, 0.15) is 5.75 Å². The topological polar surface area (TPSA) is 21.3 Å². The molecule has 1 heterocycles. The largest absolute Gasteiger partial charge is 0.573 e. The van der Waals surface area contributed by atoms with Gasteiger partial charge in [-0.15, -0.1) is 13.2 Å². The summed E-state index contributed by atoms with van der Waals surface area (Å²) in [7, 11) is 0. The summed E-state index contributed by atoms with van der Waals surface area (Å²) in [6.07, 6.45) is -2.30. The minimum Gasteiger partial charge on any atom is -0.405 e. The van der Waals surface area contributed by atoms with Gasteiger partial charge in [-0.1, -0.05) is 6.07 Å². The third-order valence-electron chi connectivity index (χ3n) is 2.98. The molecule has 1 aliphatic heterocycles. The van der Waals surface area contributed by atoms with Crippen molar-refractivity contribution < 1.29 is 17.9 Å². The van der Waals surface area contributed by atoms with Gasteiger partial charge in [-0.25, -0.2) is 0 Å². The smallest absolute Gasteiger partial charge is 0.405 e. The normalized spacial score (nSPS) is 19.9. The molecule has 0 bridgehead atoms. The molecule has 112 valence electrons. The zero-order valence-corrected chi connectivity index (χ0v) is 13.1. The fourth-order valence-corrected chi connectivity index (χ4v) is 3.64. The second kappa shape index (κ2) is 7.04. The van der Waals surface area contributed by atoms with E-state index in [1.54, 1.807) is 12.1 Å². The molecule has 0 aliphatic carbocycles. The Balaban J connectivity index is 1.91. The lowest BCUT2D eigenvalue weighted by atomic mass is 10.1. The summed E-state index contributed by atoms with van der Waals surface area (Å²) >= 11 is 5.04. The highest BCUT2D eigenvalue weighted by atomic mass is 79.9. The van der Waals surface area contributed by atoms with E-state index < -0.39 is 6.36 Å². The number of benzene rings is 1. The monoisotopic (exact) mass is 369 g/mol. The highest BCUT2D eigenvalue weighted by Gasteiger charge is 2.31. The third kappa shape index (κ3) is 5.18. The number of rotatable bonds is 4. The first-order valence-corrected chi connectivity index (χ1v) is 8.24. The standard InChI is InChI=1S/C13H15BrF3NOS/c14-11-6-9(3-4-12(11)19-13(15,16)17)7-18-10-2-1-5-20-8-10/h3-4,6,10,18H,1-2,5,7-8H2. The van der Waals surface area contributed by atoms with Crippen LogP contribution in [0.4, 0.5) is 13.2 Å². The molecule has 2 nitrogen and oxygen atoms in total. The summed E-state index contributed by atoms with van der Waals surface area (Å²) in [6.45, 7) is 0.649. The van der Waals surface area contributed by atoms with Crippen molar-refractivity contribution in [1.82, 2.24) is 5.32 Å². The quantitative estimate of drug-likeness (QED) is 0.853. The minimum absolute atomic E-state index is 0.213. The molecule has 7 heteroatoms. The van der Waals surface area contributed by atoms with Crippen molar-refractivity contribution in [1.29, 1.82) is 0 Å². The van der Waals surface area contributed by atoms with Gasteiger partial charge in [0.25, 0.3) is 0 Å². The van der Waals surface area contributed by atoms with Crippen LogP contribution in [-0.2, 0) is 6.54 Å². The van der Waals surface area contributed by atoms with E-state index in [2.05, 4.69) is 26.0 Å². The highest BCUT2D eigenvalue weighted by Crippen LogP contribution is 2.31. The van der Waals surface area contributed by atoms with Gasteiger partial charge in [-0.2, -0.15) is 11.8 Å². The molecule has 0 radical (unpaired) electrons. The molecule has 1 N–H and O–H groups in total. The lowest BCUT2D eigenvalue weighted by molar-refractivity contribution is -0.274. The van der Waals surface area contributed by atoms with Gasteiger partial charge >= 0.3 is 6.36 Å². The molecule has 0 spiro atoms. The molecule has 1 aromatic rings. The van der Waals surface area contributed by atoms with Crippen LogP contribution in [-0.4, -0.2) is 23.9 Å². The summed E-state index contributed by atoms with van der Waals surface area (Å²) in [5.74, 6) is 2.10. The number of halogens is 4. The van der Waals surface area contributed by atoms with Crippen molar-refractivity contribution in [3.63, 3.8) is 0 Å². The highest BCUT2D eigenvalue weighted by molar-refractivity contribution is 9.10. The molecule has 1 saturated heterocycles. The Morgan fingerprint density at radius 3 is 2.80 bits per heavy atom. The first-order valence-electron chi connectivity index (χ1n) is 6.29. The van der Waals surface area contributed by atoms with Gasteiger partial charge in [0, 0.05) is 18.3 Å². The van der Waals surface area contributed by atoms with Crippen molar-refractivity contribution in [2.45, 2.75) is 31.8 Å². The van der Waals surface area contributed by atoms with Crippen LogP contribution < -0.4 is 10.1 Å². The van der Waals surface area contributed by atoms with Crippen molar-refractivity contribution in [2.75, 3.05) is 11.5 Å². The average molecular weight is 370 g/mol. The van der Waals surface area contributed by atoms with Crippen LogP contribution >= 0.6 is 27.7 Å². The molecule has 0 saturated carbocycles. The SMILES string of the molecule is FC(F)(F)Oc1ccc(CNC2CCCSC2)cc1Br. The van der Waals surface area contributed by atoms with Gasteiger partial charge in [-0.3, -0.25) is 0 Å². The van der Waals surface area contributed by atoms with Crippen LogP contribution in [0.3, 0.4) is 0 Å². The van der Waals surface area contributed by atoms with E-state index in [0.717, 1.165) is 17.7 Å².